The van der Waals surface area contributed by atoms with Gasteiger partial charge in [0, 0.05) is 81.8 Å². The highest BCUT2D eigenvalue weighted by atomic mass is 16.2. The second-order valence-electron chi connectivity index (χ2n) is 27.7. The summed E-state index contributed by atoms with van der Waals surface area (Å²) in [5.74, 6) is -3.21. The zero-order valence-electron chi connectivity index (χ0n) is 58.8. The molecule has 6 amide bonds. The molecule has 0 aromatic heterocycles. The van der Waals surface area contributed by atoms with Gasteiger partial charge >= 0.3 is 0 Å². The highest BCUT2D eigenvalue weighted by Gasteiger charge is 2.52. The Hall–Kier alpha value is -9.18. The number of amides is 6. The lowest BCUT2D eigenvalue weighted by molar-refractivity contribution is -0.144. The summed E-state index contributed by atoms with van der Waals surface area (Å²) >= 11 is 0. The van der Waals surface area contributed by atoms with Crippen LogP contribution in [0.2, 0.25) is 0 Å². The monoisotopic (exact) mass is 1380 g/mol. The van der Waals surface area contributed by atoms with E-state index in [1.165, 1.54) is 0 Å². The molecule has 21 heteroatoms. The third-order valence-corrected chi connectivity index (χ3v) is 21.4. The number of benzene rings is 5. The van der Waals surface area contributed by atoms with E-state index in [2.05, 4.69) is 47.9 Å². The second-order valence-corrected chi connectivity index (χ2v) is 27.7. The maximum atomic E-state index is 15.3. The Balaban J connectivity index is 0.727. The quantitative estimate of drug-likeness (QED) is 0.0138. The van der Waals surface area contributed by atoms with E-state index in [-0.39, 0.29) is 109 Å². The maximum absolute atomic E-state index is 15.3. The van der Waals surface area contributed by atoms with Crippen molar-refractivity contribution in [2.75, 3.05) is 50.9 Å². The molecule has 10 atom stereocenters. The van der Waals surface area contributed by atoms with Crippen LogP contribution in [-0.2, 0) is 50.4 Å². The van der Waals surface area contributed by atoms with Crippen LogP contribution in [0.15, 0.2) is 161 Å². The molecule has 4 aliphatic heterocycles. The molecule has 4 heterocycles. The van der Waals surface area contributed by atoms with Gasteiger partial charge in [0.15, 0.2) is 11.6 Å². The summed E-state index contributed by atoms with van der Waals surface area (Å²) < 4.78 is 0. The Morgan fingerprint density at radius 3 is 1.47 bits per heavy atom. The number of nitrogens with one attached hydrogen (secondary N) is 9. The van der Waals surface area contributed by atoms with Crippen LogP contribution in [0.3, 0.4) is 0 Å². The molecule has 0 radical (unpaired) electrons. The van der Waals surface area contributed by atoms with E-state index in [1.807, 2.05) is 166 Å². The minimum absolute atomic E-state index is 0.0321. The van der Waals surface area contributed by atoms with Gasteiger partial charge in [0.25, 0.3) is 10.9 Å². The lowest BCUT2D eigenvalue weighted by Gasteiger charge is -2.38. The van der Waals surface area contributed by atoms with Gasteiger partial charge in [-0.05, 0) is 125 Å². The average Bonchev–Trinajstić information content (AvgIpc) is 1.69. The fourth-order valence-corrected chi connectivity index (χ4v) is 15.8. The zero-order chi connectivity index (χ0) is 71.4. The zero-order valence-corrected chi connectivity index (χ0v) is 58.8. The molecule has 4 aliphatic rings. The topological polar surface area (TPSA) is 285 Å². The van der Waals surface area contributed by atoms with Crippen molar-refractivity contribution in [2.45, 2.75) is 189 Å². The van der Waals surface area contributed by atoms with Gasteiger partial charge in [-0.15, -0.1) is 0 Å². The third-order valence-electron chi connectivity index (χ3n) is 21.4. The van der Waals surface area contributed by atoms with E-state index < -0.39 is 64.5 Å². The molecule has 0 aliphatic carbocycles. The molecule has 536 valence electrons. The first-order valence-electron chi connectivity index (χ1n) is 36.6. The summed E-state index contributed by atoms with van der Waals surface area (Å²) in [7, 11) is 3.41. The number of carbonyl (C=O) groups excluding carboxylic acids is 8. The van der Waals surface area contributed by atoms with Crippen molar-refractivity contribution >= 4 is 58.4 Å². The van der Waals surface area contributed by atoms with Gasteiger partial charge < -0.3 is 57.7 Å². The Kier molecular flexibility index (Phi) is 26.5. The summed E-state index contributed by atoms with van der Waals surface area (Å²) in [6.07, 6.45) is 7.69. The fourth-order valence-electron chi connectivity index (χ4n) is 15.8. The predicted octanol–water partition coefficient (Wildman–Crippen LogP) is 7.28. The Labute approximate surface area is 593 Å². The first-order chi connectivity index (χ1) is 49.1. The van der Waals surface area contributed by atoms with Gasteiger partial charge in [0.1, 0.15) is 35.0 Å². The molecular formula is C80H101N11O10. The molecule has 9 N–H and O–H groups in total. The Morgan fingerprint density at radius 1 is 0.505 bits per heavy atom. The van der Waals surface area contributed by atoms with E-state index in [0.717, 1.165) is 16.7 Å². The fraction of sp³-hybridized carbons (Fsp3) is 0.475. The number of carbonyl (C=O) groups is 8. The van der Waals surface area contributed by atoms with Crippen LogP contribution in [0, 0.1) is 11.8 Å². The molecule has 6 aromatic carbocycles. The molecule has 0 bridgehead atoms. The standard InChI is InChI=1S/C80H101N11O10/c1-5-62(81-3)75(97)87-69-55(50-83-49-52-26-13-7-14-27-52)38-40-60-43-45-65(91(60)79(69)101)77(99)89-80(57-32-19-10-20-33-57,58-34-21-11-22-35-58)67(93)36-23-12-24-46-84-71-72(74(96)73(71)95)85-47-25-37-68(94)86-51-56-39-41-59-42-44-64(90(59)78(100)70(56)88-76(98)63(6-2)82-4)66(92)48-61(53-28-15-8-16-29-53)54-30-17-9-18-31-54/h7-11,13-22,26-35,55-56,59-65,69-70,81-85H,5-6,12,23-25,36-51H2,1-4H3,(H,86,94)(H,87,97)(H,88,98)(H,89,99)/t55-,56-,59+,60+,62+,63+,64+,65+,69+,70+/m1/s1. The van der Waals surface area contributed by atoms with E-state index in [0.29, 0.717) is 121 Å². The lowest BCUT2D eigenvalue weighted by atomic mass is 9.77. The van der Waals surface area contributed by atoms with Crippen molar-refractivity contribution in [3.05, 3.63) is 200 Å². The third kappa shape index (κ3) is 17.8. The molecule has 101 heavy (non-hydrogen) atoms. The van der Waals surface area contributed by atoms with Crippen LogP contribution in [-0.4, -0.2) is 145 Å². The number of nitrogens with zero attached hydrogens (tertiary/aromatic N) is 2. The molecule has 4 saturated heterocycles. The Morgan fingerprint density at radius 2 is 0.960 bits per heavy atom. The van der Waals surface area contributed by atoms with Crippen molar-refractivity contribution in [2.24, 2.45) is 11.8 Å². The van der Waals surface area contributed by atoms with Gasteiger partial charge in [0.2, 0.25) is 35.4 Å². The minimum atomic E-state index is -1.64. The van der Waals surface area contributed by atoms with E-state index in [1.54, 1.807) is 23.9 Å². The number of anilines is 2. The smallest absolute Gasteiger partial charge is 0.253 e. The number of unbranched alkanes of at least 4 members (excludes halogenated alkanes) is 2. The van der Waals surface area contributed by atoms with Crippen molar-refractivity contribution in [3.8, 4) is 0 Å². The molecule has 0 saturated carbocycles. The van der Waals surface area contributed by atoms with Gasteiger partial charge in [-0.25, -0.2) is 0 Å². The van der Waals surface area contributed by atoms with Crippen molar-refractivity contribution in [1.82, 2.24) is 47.0 Å². The number of hydrogen-bond acceptors (Lipinski definition) is 15. The van der Waals surface area contributed by atoms with Crippen LogP contribution in [0.4, 0.5) is 11.4 Å². The first-order valence-corrected chi connectivity index (χ1v) is 36.6. The maximum Gasteiger partial charge on any atom is 0.253 e. The summed E-state index contributed by atoms with van der Waals surface area (Å²) in [6.45, 7) is 5.47. The highest BCUT2D eigenvalue weighted by Crippen LogP contribution is 2.40. The van der Waals surface area contributed by atoms with E-state index in [9.17, 15) is 33.6 Å². The SMILES string of the molecule is CC[C@H](NC)C(=O)N[C@@H]1C(=O)N2[C@@H](CC[C@@H]1CNC(=O)CCCNc1c(NCCCCCC(=O)C(NC(=O)[C@@H]3CC[C@@H]4CC[C@H](CNCc5ccccc5)[C@H](NC(=O)[C@H](CC)NC)C(=O)N43)(c3ccccc3)c3ccccc3)c(=O)c1=O)CC[C@H]2C(=O)CC(c1ccccc1)c1ccccc1. The second kappa shape index (κ2) is 35.9. The van der Waals surface area contributed by atoms with Crippen LogP contribution >= 0.6 is 0 Å². The summed E-state index contributed by atoms with van der Waals surface area (Å²) in [6, 6.07) is 43.1. The van der Waals surface area contributed by atoms with Gasteiger partial charge in [-0.1, -0.05) is 172 Å². The predicted molar refractivity (Wildman–Crippen MR) is 391 cm³/mol. The highest BCUT2D eigenvalue weighted by molar-refractivity contribution is 6.00. The first kappa shape index (κ1) is 74.5. The number of likely N-dealkylation sites (N-methyl/N-ethyl adjacent to an activating group) is 2. The van der Waals surface area contributed by atoms with Gasteiger partial charge in [-0.3, -0.25) is 47.9 Å². The summed E-state index contributed by atoms with van der Waals surface area (Å²) in [4.78, 5) is 145. The number of rotatable bonds is 36. The molecule has 0 spiro atoms. The van der Waals surface area contributed by atoms with Crippen molar-refractivity contribution < 1.29 is 38.4 Å². The number of fused-ring (bicyclic) bond motifs is 2. The average molecular weight is 1380 g/mol. The Bertz CT molecular complexity index is 3750. The van der Waals surface area contributed by atoms with E-state index >= 15 is 14.4 Å². The molecule has 0 unspecified atom stereocenters. The normalized spacial score (nSPS) is 21.2. The van der Waals surface area contributed by atoms with Crippen molar-refractivity contribution in [1.29, 1.82) is 0 Å². The largest absolute Gasteiger partial charge is 0.380 e. The molecule has 10 rings (SSSR count). The van der Waals surface area contributed by atoms with Crippen LogP contribution < -0.4 is 58.7 Å². The molecular weight excluding hydrogens is 1270 g/mol. The van der Waals surface area contributed by atoms with Crippen LogP contribution in [0.5, 0.6) is 0 Å². The van der Waals surface area contributed by atoms with E-state index in [4.69, 9.17) is 0 Å². The van der Waals surface area contributed by atoms with Gasteiger partial charge in [-0.2, -0.15) is 0 Å². The number of hydrogen-bond donors (Lipinski definition) is 9. The summed E-state index contributed by atoms with van der Waals surface area (Å²) in [5, 5.41) is 28.2. The van der Waals surface area contributed by atoms with Crippen LogP contribution in [0.1, 0.15) is 157 Å². The lowest BCUT2D eigenvalue weighted by Crippen LogP contribution is -2.61. The van der Waals surface area contributed by atoms with Crippen molar-refractivity contribution in [3.63, 3.8) is 0 Å². The molecule has 4 fully saturated rings. The summed E-state index contributed by atoms with van der Waals surface area (Å²) in [5.41, 5.74) is 1.56. The number of ketones is 2. The number of Topliss-reactive ketones (excluding diaryl/α,β-unsaturated/α-hetero) is 2. The minimum Gasteiger partial charge on any atom is -0.380 e. The van der Waals surface area contributed by atoms with Gasteiger partial charge in [0.05, 0.1) is 18.1 Å². The molecule has 6 aromatic rings. The van der Waals surface area contributed by atoms with Crippen LogP contribution in [0.25, 0.3) is 0 Å². The molecule has 21 nitrogen and oxygen atoms in total.